The Kier molecular flexibility index (Phi) is 5.46. The van der Waals surface area contributed by atoms with Crippen LogP contribution < -0.4 is 15.4 Å². The number of benzene rings is 2. The van der Waals surface area contributed by atoms with Crippen LogP contribution >= 0.6 is 11.6 Å². The summed E-state index contributed by atoms with van der Waals surface area (Å²) in [6, 6.07) is 14.6. The molecule has 0 saturated heterocycles. The maximum absolute atomic E-state index is 11.8. The fourth-order valence-electron chi connectivity index (χ4n) is 1.89. The van der Waals surface area contributed by atoms with Crippen LogP contribution in [-0.4, -0.2) is 19.7 Å². The molecule has 0 heterocycles. The number of hydrogen-bond donors (Lipinski definition) is 2. The quantitative estimate of drug-likeness (QED) is 0.884. The predicted octanol–water partition coefficient (Wildman–Crippen LogP) is 3.71. The summed E-state index contributed by atoms with van der Waals surface area (Å²) in [7, 11) is 1.59. The Bertz CT molecular complexity index is 617. The SMILES string of the molecule is COc1cccc(NC(=O)NCCc2cccc(Cl)c2)c1. The average molecular weight is 305 g/mol. The lowest BCUT2D eigenvalue weighted by molar-refractivity contribution is 0.252. The molecule has 0 aliphatic heterocycles. The number of ether oxygens (including phenoxy) is 1. The van der Waals surface area contributed by atoms with Gasteiger partial charge < -0.3 is 15.4 Å². The highest BCUT2D eigenvalue weighted by Gasteiger charge is 2.02. The summed E-state index contributed by atoms with van der Waals surface area (Å²) in [5.74, 6) is 0.701. The zero-order chi connectivity index (χ0) is 15.1. The van der Waals surface area contributed by atoms with Crippen molar-refractivity contribution in [1.82, 2.24) is 5.32 Å². The summed E-state index contributed by atoms with van der Waals surface area (Å²) >= 11 is 5.91. The first kappa shape index (κ1) is 15.2. The topological polar surface area (TPSA) is 50.4 Å². The second-order valence-electron chi connectivity index (χ2n) is 4.49. The first-order chi connectivity index (χ1) is 10.2. The van der Waals surface area contributed by atoms with Crippen molar-refractivity contribution in [2.75, 3.05) is 19.0 Å². The number of carbonyl (C=O) groups is 1. The van der Waals surface area contributed by atoms with E-state index in [4.69, 9.17) is 16.3 Å². The van der Waals surface area contributed by atoms with Gasteiger partial charge in [0.15, 0.2) is 0 Å². The van der Waals surface area contributed by atoms with Crippen molar-refractivity contribution < 1.29 is 9.53 Å². The van der Waals surface area contributed by atoms with E-state index in [0.29, 0.717) is 23.0 Å². The number of rotatable bonds is 5. The summed E-state index contributed by atoms with van der Waals surface area (Å²) in [6.45, 7) is 0.538. The summed E-state index contributed by atoms with van der Waals surface area (Å²) in [6.07, 6.45) is 0.728. The lowest BCUT2D eigenvalue weighted by atomic mass is 10.1. The molecule has 2 aromatic carbocycles. The van der Waals surface area contributed by atoms with Crippen molar-refractivity contribution >= 4 is 23.3 Å². The van der Waals surface area contributed by atoms with Gasteiger partial charge >= 0.3 is 6.03 Å². The average Bonchev–Trinajstić information content (AvgIpc) is 2.47. The first-order valence-electron chi connectivity index (χ1n) is 6.61. The van der Waals surface area contributed by atoms with E-state index in [9.17, 15) is 4.79 Å². The standard InChI is InChI=1S/C16H17ClN2O2/c1-21-15-7-3-6-14(11-15)19-16(20)18-9-8-12-4-2-5-13(17)10-12/h2-7,10-11H,8-9H2,1H3,(H2,18,19,20). The number of nitrogens with one attached hydrogen (secondary N) is 2. The molecule has 0 fully saturated rings. The number of anilines is 1. The van der Waals surface area contributed by atoms with Crippen LogP contribution in [0.1, 0.15) is 5.56 Å². The largest absolute Gasteiger partial charge is 0.497 e. The van der Waals surface area contributed by atoms with Gasteiger partial charge in [-0.3, -0.25) is 0 Å². The predicted molar refractivity (Wildman–Crippen MR) is 85.2 cm³/mol. The van der Waals surface area contributed by atoms with E-state index in [-0.39, 0.29) is 6.03 Å². The Balaban J connectivity index is 1.79. The van der Waals surface area contributed by atoms with Crippen LogP contribution in [0.15, 0.2) is 48.5 Å². The number of amides is 2. The Morgan fingerprint density at radius 1 is 1.19 bits per heavy atom. The van der Waals surface area contributed by atoms with Crippen molar-refractivity contribution in [3.63, 3.8) is 0 Å². The van der Waals surface area contributed by atoms with Crippen molar-refractivity contribution in [3.05, 3.63) is 59.1 Å². The second-order valence-corrected chi connectivity index (χ2v) is 4.93. The first-order valence-corrected chi connectivity index (χ1v) is 6.98. The van der Waals surface area contributed by atoms with Gasteiger partial charge in [-0.25, -0.2) is 4.79 Å². The van der Waals surface area contributed by atoms with Crippen LogP contribution in [-0.2, 0) is 6.42 Å². The lowest BCUT2D eigenvalue weighted by Gasteiger charge is -2.09. The van der Waals surface area contributed by atoms with Crippen LogP contribution in [0, 0.1) is 0 Å². The molecule has 21 heavy (non-hydrogen) atoms. The molecule has 4 nitrogen and oxygen atoms in total. The highest BCUT2D eigenvalue weighted by Crippen LogP contribution is 2.16. The summed E-state index contributed by atoms with van der Waals surface area (Å²) in [5, 5.41) is 6.26. The molecular formula is C16H17ClN2O2. The molecule has 2 rings (SSSR count). The van der Waals surface area contributed by atoms with Crippen molar-refractivity contribution in [1.29, 1.82) is 0 Å². The molecule has 0 radical (unpaired) electrons. The van der Waals surface area contributed by atoms with Crippen LogP contribution in [0.25, 0.3) is 0 Å². The van der Waals surface area contributed by atoms with Gasteiger partial charge in [-0.05, 0) is 36.2 Å². The molecular weight excluding hydrogens is 288 g/mol. The highest BCUT2D eigenvalue weighted by molar-refractivity contribution is 6.30. The number of urea groups is 1. The minimum absolute atomic E-state index is 0.245. The normalized spacial score (nSPS) is 10.0. The van der Waals surface area contributed by atoms with E-state index in [1.165, 1.54) is 0 Å². The van der Waals surface area contributed by atoms with Gasteiger partial charge in [0.2, 0.25) is 0 Å². The number of carbonyl (C=O) groups excluding carboxylic acids is 1. The molecule has 0 aliphatic rings. The van der Waals surface area contributed by atoms with Gasteiger partial charge in [0.25, 0.3) is 0 Å². The van der Waals surface area contributed by atoms with E-state index in [2.05, 4.69) is 10.6 Å². The molecule has 0 saturated carbocycles. The molecule has 110 valence electrons. The molecule has 0 aliphatic carbocycles. The molecule has 2 amide bonds. The third-order valence-electron chi connectivity index (χ3n) is 2.92. The van der Waals surface area contributed by atoms with Crippen molar-refractivity contribution in [3.8, 4) is 5.75 Å². The molecule has 2 N–H and O–H groups in total. The van der Waals surface area contributed by atoms with Gasteiger partial charge in [-0.15, -0.1) is 0 Å². The Morgan fingerprint density at radius 2 is 2.00 bits per heavy atom. The summed E-state index contributed by atoms with van der Waals surface area (Å²) < 4.78 is 5.10. The smallest absolute Gasteiger partial charge is 0.319 e. The maximum atomic E-state index is 11.8. The maximum Gasteiger partial charge on any atom is 0.319 e. The number of hydrogen-bond acceptors (Lipinski definition) is 2. The van der Waals surface area contributed by atoms with E-state index in [1.807, 2.05) is 36.4 Å². The van der Waals surface area contributed by atoms with Crippen LogP contribution in [0.3, 0.4) is 0 Å². The van der Waals surface area contributed by atoms with Gasteiger partial charge in [0.1, 0.15) is 5.75 Å². The molecule has 0 atom stereocenters. The van der Waals surface area contributed by atoms with E-state index < -0.39 is 0 Å². The zero-order valence-electron chi connectivity index (χ0n) is 11.7. The van der Waals surface area contributed by atoms with Crippen molar-refractivity contribution in [2.45, 2.75) is 6.42 Å². The monoisotopic (exact) mass is 304 g/mol. The van der Waals surface area contributed by atoms with Crippen LogP contribution in [0.5, 0.6) is 5.75 Å². The second kappa shape index (κ2) is 7.55. The molecule has 0 spiro atoms. The summed E-state index contributed by atoms with van der Waals surface area (Å²) in [5.41, 5.74) is 1.78. The van der Waals surface area contributed by atoms with Gasteiger partial charge in [0.05, 0.1) is 7.11 Å². The fraction of sp³-hybridized carbons (Fsp3) is 0.188. The highest BCUT2D eigenvalue weighted by atomic mass is 35.5. The Labute approximate surface area is 129 Å². The van der Waals surface area contributed by atoms with E-state index >= 15 is 0 Å². The van der Waals surface area contributed by atoms with Gasteiger partial charge in [0, 0.05) is 23.3 Å². The Morgan fingerprint density at radius 3 is 2.76 bits per heavy atom. The third kappa shape index (κ3) is 5.00. The number of methoxy groups -OCH3 is 1. The van der Waals surface area contributed by atoms with Crippen LogP contribution in [0.4, 0.5) is 10.5 Å². The van der Waals surface area contributed by atoms with Crippen LogP contribution in [0.2, 0.25) is 5.02 Å². The van der Waals surface area contributed by atoms with Crippen molar-refractivity contribution in [2.24, 2.45) is 0 Å². The molecule has 0 unspecified atom stereocenters. The molecule has 0 bridgehead atoms. The van der Waals surface area contributed by atoms with Gasteiger partial charge in [-0.2, -0.15) is 0 Å². The van der Waals surface area contributed by atoms with E-state index in [0.717, 1.165) is 12.0 Å². The molecule has 2 aromatic rings. The Hall–Kier alpha value is -2.20. The molecule has 0 aromatic heterocycles. The lowest BCUT2D eigenvalue weighted by Crippen LogP contribution is -2.30. The zero-order valence-corrected chi connectivity index (χ0v) is 12.5. The minimum Gasteiger partial charge on any atom is -0.497 e. The molecule has 5 heteroatoms. The minimum atomic E-state index is -0.245. The fourth-order valence-corrected chi connectivity index (χ4v) is 2.10. The van der Waals surface area contributed by atoms with Gasteiger partial charge in [-0.1, -0.05) is 29.8 Å². The number of halogens is 1. The summed E-state index contributed by atoms with van der Waals surface area (Å²) in [4.78, 5) is 11.8. The van der Waals surface area contributed by atoms with E-state index in [1.54, 1.807) is 19.2 Å². The third-order valence-corrected chi connectivity index (χ3v) is 3.15.